The number of para-hydroxylation sites is 1. The van der Waals surface area contributed by atoms with Crippen LogP contribution in [0.1, 0.15) is 55.2 Å². The predicted molar refractivity (Wildman–Crippen MR) is 100 cm³/mol. The van der Waals surface area contributed by atoms with Crippen molar-refractivity contribution in [2.75, 3.05) is 11.9 Å². The van der Waals surface area contributed by atoms with E-state index in [-0.39, 0.29) is 11.3 Å². The van der Waals surface area contributed by atoms with Gasteiger partial charge in [0.15, 0.2) is 0 Å². The lowest BCUT2D eigenvalue weighted by Gasteiger charge is -2.14. The highest BCUT2D eigenvalue weighted by Gasteiger charge is 2.18. The summed E-state index contributed by atoms with van der Waals surface area (Å²) in [6.07, 6.45) is 0.891. The van der Waals surface area contributed by atoms with Crippen LogP contribution in [0.15, 0.2) is 29.6 Å². The summed E-state index contributed by atoms with van der Waals surface area (Å²) < 4.78 is 5.02. The quantitative estimate of drug-likeness (QED) is 0.784. The number of benzene rings is 1. The van der Waals surface area contributed by atoms with E-state index >= 15 is 0 Å². The van der Waals surface area contributed by atoms with Crippen molar-refractivity contribution < 1.29 is 14.3 Å². The van der Waals surface area contributed by atoms with Crippen LogP contribution in [0.25, 0.3) is 0 Å². The van der Waals surface area contributed by atoms with Crippen molar-refractivity contribution in [3.8, 4) is 0 Å². The zero-order valence-electron chi connectivity index (χ0n) is 15.1. The van der Waals surface area contributed by atoms with Gasteiger partial charge in [-0.2, -0.15) is 0 Å². The number of anilines is 1. The highest BCUT2D eigenvalue weighted by Crippen LogP contribution is 2.24. The number of carbonyl (C=O) groups is 2. The van der Waals surface area contributed by atoms with Crippen molar-refractivity contribution in [3.63, 3.8) is 0 Å². The molecule has 6 heteroatoms. The second-order valence-corrected chi connectivity index (χ2v) is 7.63. The summed E-state index contributed by atoms with van der Waals surface area (Å²) >= 11 is 1.57. The van der Waals surface area contributed by atoms with Gasteiger partial charge in [0, 0.05) is 23.6 Å². The summed E-state index contributed by atoms with van der Waals surface area (Å²) in [5.41, 5.74) is 1.89. The molecule has 0 aliphatic carbocycles. The average Bonchev–Trinajstić information content (AvgIpc) is 3.03. The van der Waals surface area contributed by atoms with Crippen molar-refractivity contribution >= 4 is 28.9 Å². The number of aryl methyl sites for hydroxylation is 1. The Labute approximate surface area is 152 Å². The van der Waals surface area contributed by atoms with Gasteiger partial charge in [0.25, 0.3) is 0 Å². The van der Waals surface area contributed by atoms with E-state index in [1.54, 1.807) is 42.5 Å². The molecule has 25 heavy (non-hydrogen) atoms. The van der Waals surface area contributed by atoms with Crippen LogP contribution in [0.2, 0.25) is 0 Å². The third-order valence-electron chi connectivity index (χ3n) is 3.58. The van der Waals surface area contributed by atoms with E-state index in [4.69, 9.17) is 4.74 Å². The Balaban J connectivity index is 1.97. The second-order valence-electron chi connectivity index (χ2n) is 6.69. The Kier molecular flexibility index (Phi) is 6.31. The van der Waals surface area contributed by atoms with Gasteiger partial charge in [-0.1, -0.05) is 32.9 Å². The summed E-state index contributed by atoms with van der Waals surface area (Å²) in [6.45, 7) is 8.39. The normalized spacial score (nSPS) is 11.2. The fourth-order valence-electron chi connectivity index (χ4n) is 2.18. The number of rotatable bonds is 6. The number of ether oxygens (including phenoxy) is 1. The molecule has 0 aliphatic rings. The van der Waals surface area contributed by atoms with Gasteiger partial charge >= 0.3 is 5.97 Å². The molecule has 0 bridgehead atoms. The lowest BCUT2D eigenvalue weighted by atomic mass is 9.93. The number of nitrogens with one attached hydrogen (secondary N) is 1. The van der Waals surface area contributed by atoms with Gasteiger partial charge < -0.3 is 10.1 Å². The fraction of sp³-hybridized carbons (Fsp3) is 0.421. The number of thiazole rings is 1. The number of nitrogens with zero attached hydrogens (tertiary/aromatic N) is 1. The molecule has 0 saturated heterocycles. The maximum Gasteiger partial charge on any atom is 0.340 e. The third-order valence-corrected chi connectivity index (χ3v) is 4.49. The SMILES string of the molecule is CCOC(=O)c1ccccc1NC(=O)CCc1nc(C(C)(C)C)cs1. The molecule has 0 unspecified atom stereocenters. The molecule has 1 heterocycles. The summed E-state index contributed by atoms with van der Waals surface area (Å²) in [5, 5.41) is 5.78. The highest BCUT2D eigenvalue weighted by molar-refractivity contribution is 7.09. The van der Waals surface area contributed by atoms with Gasteiger partial charge in [0.05, 0.1) is 28.6 Å². The Bertz CT molecular complexity index is 747. The molecule has 1 aromatic carbocycles. The maximum absolute atomic E-state index is 12.2. The average molecular weight is 360 g/mol. The Morgan fingerprint density at radius 2 is 1.96 bits per heavy atom. The molecule has 0 atom stereocenters. The first kappa shape index (κ1) is 19.1. The van der Waals surface area contributed by atoms with E-state index in [9.17, 15) is 9.59 Å². The maximum atomic E-state index is 12.2. The molecular formula is C19H24N2O3S. The van der Waals surface area contributed by atoms with Crippen molar-refractivity contribution in [2.45, 2.75) is 46.0 Å². The summed E-state index contributed by atoms with van der Waals surface area (Å²) in [6, 6.07) is 6.86. The Hall–Kier alpha value is -2.21. The molecule has 134 valence electrons. The first-order chi connectivity index (χ1) is 11.8. The number of amides is 1. The fourth-order valence-corrected chi connectivity index (χ4v) is 3.21. The minimum atomic E-state index is -0.437. The minimum Gasteiger partial charge on any atom is -0.462 e. The van der Waals surface area contributed by atoms with Crippen LogP contribution in [0.5, 0.6) is 0 Å². The van der Waals surface area contributed by atoms with Gasteiger partial charge in [0.2, 0.25) is 5.91 Å². The van der Waals surface area contributed by atoms with Crippen LogP contribution in [0.3, 0.4) is 0 Å². The van der Waals surface area contributed by atoms with Crippen LogP contribution in [-0.4, -0.2) is 23.5 Å². The highest BCUT2D eigenvalue weighted by atomic mass is 32.1. The van der Waals surface area contributed by atoms with E-state index in [1.807, 2.05) is 5.38 Å². The van der Waals surface area contributed by atoms with E-state index < -0.39 is 5.97 Å². The molecule has 2 aromatic rings. The Morgan fingerprint density at radius 3 is 2.60 bits per heavy atom. The van der Waals surface area contributed by atoms with Crippen LogP contribution < -0.4 is 5.32 Å². The topological polar surface area (TPSA) is 68.3 Å². The van der Waals surface area contributed by atoms with E-state index in [0.29, 0.717) is 30.7 Å². The van der Waals surface area contributed by atoms with Crippen LogP contribution >= 0.6 is 11.3 Å². The van der Waals surface area contributed by atoms with Gasteiger partial charge in [-0.25, -0.2) is 9.78 Å². The monoisotopic (exact) mass is 360 g/mol. The first-order valence-corrected chi connectivity index (χ1v) is 9.20. The van der Waals surface area contributed by atoms with Crippen molar-refractivity contribution in [2.24, 2.45) is 0 Å². The predicted octanol–water partition coefficient (Wildman–Crippen LogP) is 4.19. The molecule has 1 N–H and O–H groups in total. The zero-order chi connectivity index (χ0) is 18.4. The lowest BCUT2D eigenvalue weighted by molar-refractivity contribution is -0.116. The number of esters is 1. The van der Waals surface area contributed by atoms with E-state index in [2.05, 4.69) is 31.1 Å². The number of hydrogen-bond acceptors (Lipinski definition) is 5. The van der Waals surface area contributed by atoms with Crippen molar-refractivity contribution in [1.82, 2.24) is 4.98 Å². The van der Waals surface area contributed by atoms with Crippen LogP contribution in [-0.2, 0) is 21.4 Å². The van der Waals surface area contributed by atoms with E-state index in [0.717, 1.165) is 10.7 Å². The smallest absolute Gasteiger partial charge is 0.340 e. The molecule has 0 saturated carbocycles. The molecule has 0 aliphatic heterocycles. The second kappa shape index (κ2) is 8.25. The lowest BCUT2D eigenvalue weighted by Crippen LogP contribution is -2.16. The number of aromatic nitrogens is 1. The van der Waals surface area contributed by atoms with Crippen LogP contribution in [0.4, 0.5) is 5.69 Å². The van der Waals surface area contributed by atoms with Crippen molar-refractivity contribution in [1.29, 1.82) is 0 Å². The van der Waals surface area contributed by atoms with Gasteiger partial charge in [0.1, 0.15) is 0 Å². The summed E-state index contributed by atoms with van der Waals surface area (Å²) in [7, 11) is 0. The molecule has 1 amide bonds. The van der Waals surface area contributed by atoms with Gasteiger partial charge in [-0.15, -0.1) is 11.3 Å². The number of hydrogen-bond donors (Lipinski definition) is 1. The first-order valence-electron chi connectivity index (χ1n) is 8.32. The summed E-state index contributed by atoms with van der Waals surface area (Å²) in [4.78, 5) is 28.8. The van der Waals surface area contributed by atoms with Gasteiger partial charge in [-0.3, -0.25) is 4.79 Å². The molecule has 0 radical (unpaired) electrons. The molecular weight excluding hydrogens is 336 g/mol. The minimum absolute atomic E-state index is 0.00951. The molecule has 2 rings (SSSR count). The number of carbonyl (C=O) groups excluding carboxylic acids is 2. The zero-order valence-corrected chi connectivity index (χ0v) is 15.9. The molecule has 1 aromatic heterocycles. The van der Waals surface area contributed by atoms with E-state index in [1.165, 1.54) is 0 Å². The standard InChI is InChI=1S/C19H24N2O3S/c1-5-24-18(23)13-8-6-7-9-14(13)20-16(22)10-11-17-21-15(12-25-17)19(2,3)4/h6-9,12H,5,10-11H2,1-4H3,(H,20,22). The van der Waals surface area contributed by atoms with Crippen molar-refractivity contribution in [3.05, 3.63) is 45.9 Å². The summed E-state index contributed by atoms with van der Waals surface area (Å²) in [5.74, 6) is -0.586. The molecule has 0 fully saturated rings. The molecule has 0 spiro atoms. The largest absolute Gasteiger partial charge is 0.462 e. The van der Waals surface area contributed by atoms with Gasteiger partial charge in [-0.05, 0) is 19.1 Å². The Morgan fingerprint density at radius 1 is 1.24 bits per heavy atom. The molecule has 5 nitrogen and oxygen atoms in total. The third kappa shape index (κ3) is 5.39. The van der Waals surface area contributed by atoms with Crippen LogP contribution in [0, 0.1) is 0 Å².